The number of hydrogen-bond donors (Lipinski definition) is 1. The molecule has 6 heteroatoms. The summed E-state index contributed by atoms with van der Waals surface area (Å²) in [5.74, 6) is 0.892. The topological polar surface area (TPSA) is 40.5 Å². The van der Waals surface area contributed by atoms with Crippen molar-refractivity contribution in [2.75, 3.05) is 14.1 Å². The fourth-order valence-electron chi connectivity index (χ4n) is 1.93. The first-order valence-corrected chi connectivity index (χ1v) is 8.22. The van der Waals surface area contributed by atoms with E-state index in [1.807, 2.05) is 21.0 Å². The summed E-state index contributed by atoms with van der Waals surface area (Å²) in [4.78, 5) is 12.3. The van der Waals surface area contributed by atoms with Gasteiger partial charge in [-0.15, -0.1) is 22.7 Å². The van der Waals surface area contributed by atoms with Gasteiger partial charge in [-0.2, -0.15) is 0 Å². The number of thiazole rings is 1. The van der Waals surface area contributed by atoms with Gasteiger partial charge in [-0.25, -0.2) is 4.98 Å². The molecule has 20 heavy (non-hydrogen) atoms. The van der Waals surface area contributed by atoms with Crippen molar-refractivity contribution in [1.29, 1.82) is 0 Å². The second-order valence-electron chi connectivity index (χ2n) is 4.64. The molecule has 4 nitrogen and oxygen atoms in total. The number of nitrogens with zero attached hydrogens (tertiary/aromatic N) is 3. The standard InChI is InChI=1S/C14H20N4S2/c1-10-5-6-19-13(10)7-16-14(15-3)18(4)8-12-9-20-11(2)17-12/h5-6,9H,7-8H2,1-4H3,(H,15,16). The zero-order valence-corrected chi connectivity index (χ0v) is 13.9. The molecule has 2 aromatic heterocycles. The molecule has 0 atom stereocenters. The van der Waals surface area contributed by atoms with Gasteiger partial charge in [-0.05, 0) is 30.9 Å². The first kappa shape index (κ1) is 15.0. The van der Waals surface area contributed by atoms with Crippen molar-refractivity contribution in [2.45, 2.75) is 26.9 Å². The van der Waals surface area contributed by atoms with Crippen LogP contribution in [0.5, 0.6) is 0 Å². The highest BCUT2D eigenvalue weighted by molar-refractivity contribution is 7.10. The van der Waals surface area contributed by atoms with Gasteiger partial charge in [0.1, 0.15) is 0 Å². The molecular weight excluding hydrogens is 288 g/mol. The Labute approximate surface area is 128 Å². The van der Waals surface area contributed by atoms with E-state index in [1.54, 1.807) is 22.7 Å². The van der Waals surface area contributed by atoms with Crippen LogP contribution in [0.4, 0.5) is 0 Å². The summed E-state index contributed by atoms with van der Waals surface area (Å²) in [6, 6.07) is 2.15. The highest BCUT2D eigenvalue weighted by Crippen LogP contribution is 2.15. The molecule has 0 saturated carbocycles. The average Bonchev–Trinajstić information content (AvgIpc) is 3.00. The van der Waals surface area contributed by atoms with Crippen LogP contribution in [0.15, 0.2) is 21.8 Å². The zero-order valence-electron chi connectivity index (χ0n) is 12.3. The van der Waals surface area contributed by atoms with Crippen molar-refractivity contribution in [3.05, 3.63) is 38.0 Å². The maximum absolute atomic E-state index is 4.49. The number of guanidine groups is 1. The smallest absolute Gasteiger partial charge is 0.194 e. The molecule has 0 aromatic carbocycles. The minimum Gasteiger partial charge on any atom is -0.351 e. The lowest BCUT2D eigenvalue weighted by atomic mass is 10.3. The van der Waals surface area contributed by atoms with Crippen molar-refractivity contribution < 1.29 is 0 Å². The van der Waals surface area contributed by atoms with E-state index in [0.717, 1.165) is 29.8 Å². The van der Waals surface area contributed by atoms with Crippen LogP contribution in [0.3, 0.4) is 0 Å². The van der Waals surface area contributed by atoms with Crippen LogP contribution in [0, 0.1) is 13.8 Å². The predicted molar refractivity (Wildman–Crippen MR) is 87.6 cm³/mol. The van der Waals surface area contributed by atoms with Gasteiger partial charge in [0.05, 0.1) is 23.8 Å². The van der Waals surface area contributed by atoms with Gasteiger partial charge in [0.2, 0.25) is 0 Å². The van der Waals surface area contributed by atoms with Gasteiger partial charge in [0.15, 0.2) is 5.96 Å². The summed E-state index contributed by atoms with van der Waals surface area (Å²) in [7, 11) is 3.84. The Morgan fingerprint density at radius 1 is 1.40 bits per heavy atom. The van der Waals surface area contributed by atoms with Gasteiger partial charge in [-0.1, -0.05) is 0 Å². The monoisotopic (exact) mass is 308 g/mol. The van der Waals surface area contributed by atoms with Crippen molar-refractivity contribution >= 4 is 28.6 Å². The van der Waals surface area contributed by atoms with E-state index >= 15 is 0 Å². The van der Waals surface area contributed by atoms with Gasteiger partial charge >= 0.3 is 0 Å². The lowest BCUT2D eigenvalue weighted by Crippen LogP contribution is -2.38. The van der Waals surface area contributed by atoms with Crippen molar-refractivity contribution in [3.8, 4) is 0 Å². The molecule has 0 amide bonds. The summed E-state index contributed by atoms with van der Waals surface area (Å²) >= 11 is 3.46. The first-order valence-electron chi connectivity index (χ1n) is 6.46. The number of rotatable bonds is 4. The van der Waals surface area contributed by atoms with E-state index in [0.29, 0.717) is 0 Å². The first-order chi connectivity index (χ1) is 9.60. The molecular formula is C14H20N4S2. The summed E-state index contributed by atoms with van der Waals surface area (Å²) in [5, 5.41) is 8.73. The van der Waals surface area contributed by atoms with Crippen molar-refractivity contribution in [1.82, 2.24) is 15.2 Å². The minimum absolute atomic E-state index is 0.771. The van der Waals surface area contributed by atoms with E-state index in [4.69, 9.17) is 0 Å². The number of aromatic nitrogens is 1. The van der Waals surface area contributed by atoms with Gasteiger partial charge in [-0.3, -0.25) is 4.99 Å². The van der Waals surface area contributed by atoms with Gasteiger partial charge in [0, 0.05) is 24.4 Å². The number of nitrogens with one attached hydrogen (secondary N) is 1. The van der Waals surface area contributed by atoms with E-state index < -0.39 is 0 Å². The van der Waals surface area contributed by atoms with Gasteiger partial charge < -0.3 is 10.2 Å². The summed E-state index contributed by atoms with van der Waals surface area (Å²) in [6.07, 6.45) is 0. The Kier molecular flexibility index (Phi) is 5.14. The van der Waals surface area contributed by atoms with E-state index in [9.17, 15) is 0 Å². The molecule has 0 aliphatic heterocycles. The number of hydrogen-bond acceptors (Lipinski definition) is 4. The molecule has 0 bridgehead atoms. The highest BCUT2D eigenvalue weighted by atomic mass is 32.1. The van der Waals surface area contributed by atoms with Crippen LogP contribution in [-0.4, -0.2) is 29.9 Å². The van der Waals surface area contributed by atoms with Gasteiger partial charge in [0.25, 0.3) is 0 Å². The predicted octanol–water partition coefficient (Wildman–Crippen LogP) is 3.03. The highest BCUT2D eigenvalue weighted by Gasteiger charge is 2.09. The number of thiophene rings is 1. The molecule has 2 rings (SSSR count). The molecule has 0 saturated heterocycles. The van der Waals surface area contributed by atoms with Crippen LogP contribution in [-0.2, 0) is 13.1 Å². The fourth-order valence-corrected chi connectivity index (χ4v) is 3.38. The largest absolute Gasteiger partial charge is 0.351 e. The Hall–Kier alpha value is -1.40. The van der Waals surface area contributed by atoms with Crippen molar-refractivity contribution in [3.63, 3.8) is 0 Å². The normalized spacial score (nSPS) is 11.7. The fraction of sp³-hybridized carbons (Fsp3) is 0.429. The molecule has 0 unspecified atom stereocenters. The Balaban J connectivity index is 1.93. The second kappa shape index (κ2) is 6.85. The SMILES string of the molecule is CN=C(NCc1sccc1C)N(C)Cc1csc(C)n1. The molecule has 2 heterocycles. The summed E-state index contributed by atoms with van der Waals surface area (Å²) in [6.45, 7) is 5.75. The Morgan fingerprint density at radius 2 is 2.20 bits per heavy atom. The average molecular weight is 308 g/mol. The molecule has 0 radical (unpaired) electrons. The second-order valence-corrected chi connectivity index (χ2v) is 6.70. The zero-order chi connectivity index (χ0) is 14.5. The lowest BCUT2D eigenvalue weighted by molar-refractivity contribution is 0.471. The maximum Gasteiger partial charge on any atom is 0.194 e. The molecule has 0 fully saturated rings. The Bertz CT molecular complexity index is 586. The lowest BCUT2D eigenvalue weighted by Gasteiger charge is -2.21. The van der Waals surface area contributed by atoms with Crippen molar-refractivity contribution in [2.24, 2.45) is 4.99 Å². The number of aryl methyl sites for hydroxylation is 2. The van der Waals surface area contributed by atoms with Crippen LogP contribution in [0.25, 0.3) is 0 Å². The summed E-state index contributed by atoms with van der Waals surface area (Å²) in [5.41, 5.74) is 2.42. The maximum atomic E-state index is 4.49. The van der Waals surface area contributed by atoms with Crippen LogP contribution in [0.1, 0.15) is 21.1 Å². The van der Waals surface area contributed by atoms with E-state index in [-0.39, 0.29) is 0 Å². The van der Waals surface area contributed by atoms with Crippen LogP contribution in [0.2, 0.25) is 0 Å². The number of aliphatic imine (C=N–C) groups is 1. The molecule has 1 N–H and O–H groups in total. The third kappa shape index (κ3) is 3.80. The Morgan fingerprint density at radius 3 is 2.75 bits per heavy atom. The van der Waals surface area contributed by atoms with Crippen LogP contribution >= 0.6 is 22.7 Å². The minimum atomic E-state index is 0.771. The van der Waals surface area contributed by atoms with E-state index in [1.165, 1.54) is 10.4 Å². The molecule has 0 aliphatic carbocycles. The molecule has 0 aliphatic rings. The molecule has 108 valence electrons. The third-order valence-corrected chi connectivity index (χ3v) is 4.86. The van der Waals surface area contributed by atoms with E-state index in [2.05, 4.69) is 43.9 Å². The molecule has 0 spiro atoms. The quantitative estimate of drug-likeness (QED) is 0.697. The third-order valence-electron chi connectivity index (χ3n) is 3.01. The summed E-state index contributed by atoms with van der Waals surface area (Å²) < 4.78 is 0. The molecule has 2 aromatic rings. The van der Waals surface area contributed by atoms with Crippen LogP contribution < -0.4 is 5.32 Å².